The summed E-state index contributed by atoms with van der Waals surface area (Å²) < 4.78 is 19.7. The fourth-order valence-electron chi connectivity index (χ4n) is 1.54. The van der Waals surface area contributed by atoms with Crippen LogP contribution in [0.25, 0.3) is 0 Å². The molecular weight excluding hydrogens is 324 g/mol. The molecule has 0 heterocycles. The predicted octanol–water partition coefficient (Wildman–Crippen LogP) is 2.29. The van der Waals surface area contributed by atoms with Crippen molar-refractivity contribution in [2.75, 3.05) is 27.9 Å². The zero-order valence-electron chi connectivity index (χ0n) is 13.9. The lowest BCUT2D eigenvalue weighted by Gasteiger charge is -2.09. The molecule has 0 spiro atoms. The van der Waals surface area contributed by atoms with E-state index in [0.717, 1.165) is 0 Å². The molecule has 0 bridgehead atoms. The molecule has 134 valence electrons. The Morgan fingerprint density at radius 2 is 1.83 bits per heavy atom. The molecule has 0 radical (unpaired) electrons. The van der Waals surface area contributed by atoms with Crippen LogP contribution in [-0.4, -0.2) is 46.2 Å². The van der Waals surface area contributed by atoms with Gasteiger partial charge in [0.2, 0.25) is 0 Å². The Morgan fingerprint density at radius 1 is 1.08 bits per heavy atom. The zero-order valence-corrected chi connectivity index (χ0v) is 13.9. The van der Waals surface area contributed by atoms with Gasteiger partial charge in [0.25, 0.3) is 0 Å². The predicted molar refractivity (Wildman–Crippen MR) is 79.6 cm³/mol. The standard InChI is InChI=1S/C15H20O9/c1-10(18-2)7-8-21-15(17)23-24-22-14(16)12-6-5-11(19-3)9-13(12)20-4/h5-6,9-10H,7-8H2,1-4H3. The van der Waals surface area contributed by atoms with E-state index < -0.39 is 12.1 Å². The van der Waals surface area contributed by atoms with Crippen LogP contribution in [0.1, 0.15) is 23.7 Å². The minimum Gasteiger partial charge on any atom is -0.497 e. The molecule has 1 unspecified atom stereocenters. The molecule has 1 aromatic rings. The third-order valence-corrected chi connectivity index (χ3v) is 2.99. The van der Waals surface area contributed by atoms with E-state index in [2.05, 4.69) is 19.6 Å². The molecule has 0 amide bonds. The second-order valence-corrected chi connectivity index (χ2v) is 4.52. The van der Waals surface area contributed by atoms with Gasteiger partial charge in [-0.2, -0.15) is 0 Å². The van der Waals surface area contributed by atoms with Crippen molar-refractivity contribution >= 4 is 12.1 Å². The van der Waals surface area contributed by atoms with Gasteiger partial charge in [-0.1, -0.05) is 0 Å². The number of hydrogen-bond donors (Lipinski definition) is 0. The molecule has 0 aliphatic heterocycles. The number of carbonyl (C=O) groups is 2. The van der Waals surface area contributed by atoms with Gasteiger partial charge in [0.1, 0.15) is 17.1 Å². The average Bonchev–Trinajstić information content (AvgIpc) is 2.60. The molecule has 9 heteroatoms. The lowest BCUT2D eigenvalue weighted by atomic mass is 10.2. The van der Waals surface area contributed by atoms with Crippen LogP contribution in [-0.2, 0) is 24.3 Å². The number of rotatable bonds is 9. The van der Waals surface area contributed by atoms with E-state index in [9.17, 15) is 9.59 Å². The van der Waals surface area contributed by atoms with Crippen molar-refractivity contribution in [1.29, 1.82) is 0 Å². The number of methoxy groups -OCH3 is 3. The van der Waals surface area contributed by atoms with Crippen LogP contribution in [0.3, 0.4) is 0 Å². The lowest BCUT2D eigenvalue weighted by Crippen LogP contribution is -2.15. The van der Waals surface area contributed by atoms with Crippen LogP contribution >= 0.6 is 0 Å². The van der Waals surface area contributed by atoms with Crippen LogP contribution in [0.5, 0.6) is 11.5 Å². The summed E-state index contributed by atoms with van der Waals surface area (Å²) in [5.41, 5.74) is 0.0594. The first-order valence-corrected chi connectivity index (χ1v) is 6.98. The van der Waals surface area contributed by atoms with Gasteiger partial charge in [0, 0.05) is 19.6 Å². The van der Waals surface area contributed by atoms with Gasteiger partial charge < -0.3 is 18.9 Å². The molecule has 0 fully saturated rings. The molecule has 0 aliphatic rings. The second kappa shape index (κ2) is 10.3. The van der Waals surface area contributed by atoms with E-state index >= 15 is 0 Å². The number of ether oxygens (including phenoxy) is 4. The molecule has 0 saturated heterocycles. The summed E-state index contributed by atoms with van der Waals surface area (Å²) >= 11 is 0. The van der Waals surface area contributed by atoms with Crippen LogP contribution in [0.15, 0.2) is 18.2 Å². The van der Waals surface area contributed by atoms with Crippen molar-refractivity contribution in [3.8, 4) is 11.5 Å². The molecule has 0 aliphatic carbocycles. The maximum Gasteiger partial charge on any atom is 0.543 e. The highest BCUT2D eigenvalue weighted by atomic mass is 17.5. The highest BCUT2D eigenvalue weighted by Gasteiger charge is 2.17. The Morgan fingerprint density at radius 3 is 2.46 bits per heavy atom. The lowest BCUT2D eigenvalue weighted by molar-refractivity contribution is -0.452. The highest BCUT2D eigenvalue weighted by Crippen LogP contribution is 2.25. The van der Waals surface area contributed by atoms with Crippen LogP contribution in [0.2, 0.25) is 0 Å². The van der Waals surface area contributed by atoms with E-state index in [1.807, 2.05) is 6.92 Å². The maximum atomic E-state index is 11.8. The smallest absolute Gasteiger partial charge is 0.497 e. The van der Waals surface area contributed by atoms with Gasteiger partial charge in [-0.25, -0.2) is 14.5 Å². The van der Waals surface area contributed by atoms with Crippen molar-refractivity contribution in [3.05, 3.63) is 23.8 Å². The van der Waals surface area contributed by atoms with E-state index in [0.29, 0.717) is 12.2 Å². The maximum absolute atomic E-state index is 11.8. The third kappa shape index (κ3) is 6.31. The fraction of sp³-hybridized carbons (Fsp3) is 0.467. The molecular formula is C15H20O9. The first-order valence-electron chi connectivity index (χ1n) is 6.98. The molecule has 0 N–H and O–H groups in total. The minimum atomic E-state index is -1.15. The normalized spacial score (nSPS) is 11.3. The summed E-state index contributed by atoms with van der Waals surface area (Å²) in [7, 11) is 4.39. The Bertz CT molecular complexity index is 544. The topological polar surface area (TPSA) is 98.8 Å². The molecule has 1 atom stereocenters. The van der Waals surface area contributed by atoms with Gasteiger partial charge in [-0.3, -0.25) is 4.89 Å². The van der Waals surface area contributed by atoms with Crippen LogP contribution in [0.4, 0.5) is 4.79 Å². The van der Waals surface area contributed by atoms with Gasteiger partial charge in [-0.15, -0.1) is 0 Å². The van der Waals surface area contributed by atoms with Crippen molar-refractivity contribution in [2.45, 2.75) is 19.4 Å². The van der Waals surface area contributed by atoms with Crippen molar-refractivity contribution in [1.82, 2.24) is 0 Å². The second-order valence-electron chi connectivity index (χ2n) is 4.52. The Hall–Kier alpha value is -2.52. The fourth-order valence-corrected chi connectivity index (χ4v) is 1.54. The summed E-state index contributed by atoms with van der Waals surface area (Å²) in [5.74, 6) is -0.219. The van der Waals surface area contributed by atoms with E-state index in [1.54, 1.807) is 7.11 Å². The molecule has 0 aromatic heterocycles. The Kier molecular flexibility index (Phi) is 8.37. The van der Waals surface area contributed by atoms with Gasteiger partial charge in [0.05, 0.1) is 32.0 Å². The summed E-state index contributed by atoms with van der Waals surface area (Å²) in [6, 6.07) is 4.43. The molecule has 24 heavy (non-hydrogen) atoms. The first-order chi connectivity index (χ1) is 11.5. The highest BCUT2D eigenvalue weighted by molar-refractivity contribution is 5.92. The Labute approximate surface area is 139 Å². The minimum absolute atomic E-state index is 0.0594. The third-order valence-electron chi connectivity index (χ3n) is 2.99. The summed E-state index contributed by atoms with van der Waals surface area (Å²) in [5, 5.41) is 4.11. The van der Waals surface area contributed by atoms with Gasteiger partial charge in [-0.05, 0) is 19.1 Å². The average molecular weight is 344 g/mol. The van der Waals surface area contributed by atoms with Crippen LogP contribution in [0, 0.1) is 0 Å². The monoisotopic (exact) mass is 344 g/mol. The van der Waals surface area contributed by atoms with Crippen LogP contribution < -0.4 is 9.47 Å². The quantitative estimate of drug-likeness (QED) is 0.379. The summed E-state index contributed by atoms with van der Waals surface area (Å²) in [6.45, 7) is 1.88. The van der Waals surface area contributed by atoms with Crippen molar-refractivity contribution in [3.63, 3.8) is 0 Å². The largest absolute Gasteiger partial charge is 0.543 e. The van der Waals surface area contributed by atoms with Gasteiger partial charge >= 0.3 is 12.1 Å². The molecule has 0 saturated carbocycles. The van der Waals surface area contributed by atoms with E-state index in [4.69, 9.17) is 14.2 Å². The summed E-state index contributed by atoms with van der Waals surface area (Å²) in [4.78, 5) is 31.5. The number of hydrogen-bond acceptors (Lipinski definition) is 9. The van der Waals surface area contributed by atoms with Crippen molar-refractivity contribution < 1.29 is 43.3 Å². The molecule has 1 rings (SSSR count). The Balaban J connectivity index is 2.40. The first kappa shape index (κ1) is 19.5. The van der Waals surface area contributed by atoms with Crippen molar-refractivity contribution in [2.24, 2.45) is 0 Å². The number of carbonyl (C=O) groups excluding carboxylic acids is 2. The summed E-state index contributed by atoms with van der Waals surface area (Å²) in [6.07, 6.45) is -0.735. The SMILES string of the molecule is COc1ccc(C(=O)OOOC(=O)OCCC(C)OC)c(OC)c1. The number of benzene rings is 1. The van der Waals surface area contributed by atoms with Gasteiger partial charge in [0.15, 0.2) is 0 Å². The molecule has 1 aromatic carbocycles. The van der Waals surface area contributed by atoms with E-state index in [-0.39, 0.29) is 24.0 Å². The van der Waals surface area contributed by atoms with E-state index in [1.165, 1.54) is 32.4 Å². The zero-order chi connectivity index (χ0) is 17.9. The molecule has 9 nitrogen and oxygen atoms in total.